The Kier molecular flexibility index (Phi) is 5.40. The van der Waals surface area contributed by atoms with E-state index in [0.29, 0.717) is 0 Å². The van der Waals surface area contributed by atoms with Crippen molar-refractivity contribution in [2.24, 2.45) is 5.92 Å². The molecule has 1 aliphatic rings. The fourth-order valence-corrected chi connectivity index (χ4v) is 2.13. The van der Waals surface area contributed by atoms with Gasteiger partial charge >= 0.3 is 0 Å². The van der Waals surface area contributed by atoms with E-state index >= 15 is 0 Å². The topological polar surface area (TPSA) is 15.3 Å². The van der Waals surface area contributed by atoms with Gasteiger partial charge in [0.1, 0.15) is 0 Å². The van der Waals surface area contributed by atoms with Gasteiger partial charge in [-0.15, -0.1) is 0 Å². The number of piperidine rings is 1. The Bertz CT molecular complexity index is 125. The molecular formula is C11H24N2. The lowest BCUT2D eigenvalue weighted by molar-refractivity contribution is 0.181. The monoisotopic (exact) mass is 184 g/mol. The molecule has 0 aliphatic carbocycles. The molecule has 0 amide bonds. The van der Waals surface area contributed by atoms with Gasteiger partial charge in [0.15, 0.2) is 0 Å². The van der Waals surface area contributed by atoms with E-state index in [9.17, 15) is 0 Å². The van der Waals surface area contributed by atoms with Crippen molar-refractivity contribution in [2.75, 3.05) is 33.2 Å². The van der Waals surface area contributed by atoms with Gasteiger partial charge in [-0.2, -0.15) is 0 Å². The summed E-state index contributed by atoms with van der Waals surface area (Å²) in [6.07, 6.45) is 5.52. The van der Waals surface area contributed by atoms with Gasteiger partial charge in [-0.1, -0.05) is 6.92 Å². The second-order valence-corrected chi connectivity index (χ2v) is 4.36. The molecule has 0 spiro atoms. The predicted octanol–water partition coefficient (Wildman–Crippen LogP) is 1.72. The van der Waals surface area contributed by atoms with Gasteiger partial charge in [0, 0.05) is 6.54 Å². The second kappa shape index (κ2) is 6.39. The molecule has 0 aromatic rings. The first-order valence-corrected chi connectivity index (χ1v) is 5.70. The zero-order valence-corrected chi connectivity index (χ0v) is 9.18. The van der Waals surface area contributed by atoms with Crippen molar-refractivity contribution < 1.29 is 0 Å². The fraction of sp³-hybridized carbons (Fsp3) is 1.00. The lowest BCUT2D eigenvalue weighted by Crippen LogP contribution is -2.35. The molecule has 1 unspecified atom stereocenters. The van der Waals surface area contributed by atoms with Crippen LogP contribution in [-0.4, -0.2) is 38.1 Å². The van der Waals surface area contributed by atoms with Gasteiger partial charge in [-0.3, -0.25) is 0 Å². The maximum atomic E-state index is 3.20. The third-order valence-electron chi connectivity index (χ3n) is 2.89. The second-order valence-electron chi connectivity index (χ2n) is 4.36. The van der Waals surface area contributed by atoms with Crippen LogP contribution in [0.25, 0.3) is 0 Å². The lowest BCUT2D eigenvalue weighted by Gasteiger charge is -2.30. The van der Waals surface area contributed by atoms with Crippen LogP contribution in [0.5, 0.6) is 0 Å². The summed E-state index contributed by atoms with van der Waals surface area (Å²) in [5, 5.41) is 3.20. The smallest absolute Gasteiger partial charge is 0.000703 e. The third kappa shape index (κ3) is 4.63. The molecular weight excluding hydrogens is 160 g/mol. The van der Waals surface area contributed by atoms with Gasteiger partial charge in [0.2, 0.25) is 0 Å². The zero-order valence-electron chi connectivity index (χ0n) is 9.18. The Morgan fingerprint density at radius 3 is 2.92 bits per heavy atom. The number of rotatable bonds is 5. The van der Waals surface area contributed by atoms with Crippen LogP contribution in [-0.2, 0) is 0 Å². The zero-order chi connectivity index (χ0) is 9.52. The average Bonchev–Trinajstić information content (AvgIpc) is 2.13. The SMILES string of the molecule is CNCCCCN1CCCC(C)C1. The molecule has 0 saturated carbocycles. The van der Waals surface area contributed by atoms with Crippen LogP contribution in [0, 0.1) is 5.92 Å². The number of nitrogens with zero attached hydrogens (tertiary/aromatic N) is 1. The van der Waals surface area contributed by atoms with Gasteiger partial charge < -0.3 is 10.2 Å². The van der Waals surface area contributed by atoms with E-state index in [1.165, 1.54) is 51.9 Å². The molecule has 2 nitrogen and oxygen atoms in total. The van der Waals surface area contributed by atoms with Crippen LogP contribution in [0.4, 0.5) is 0 Å². The van der Waals surface area contributed by atoms with E-state index in [2.05, 4.69) is 17.1 Å². The molecule has 0 aromatic carbocycles. The van der Waals surface area contributed by atoms with Crippen LogP contribution in [0.3, 0.4) is 0 Å². The largest absolute Gasteiger partial charge is 0.320 e. The minimum absolute atomic E-state index is 0.929. The Balaban J connectivity index is 2.00. The molecule has 1 heterocycles. The molecule has 0 aromatic heterocycles. The van der Waals surface area contributed by atoms with Crippen molar-refractivity contribution in [3.63, 3.8) is 0 Å². The number of likely N-dealkylation sites (tertiary alicyclic amines) is 1. The summed E-state index contributed by atoms with van der Waals surface area (Å²) in [7, 11) is 2.03. The van der Waals surface area contributed by atoms with Crippen molar-refractivity contribution in [3.8, 4) is 0 Å². The fourth-order valence-electron chi connectivity index (χ4n) is 2.13. The van der Waals surface area contributed by atoms with E-state index < -0.39 is 0 Å². The Morgan fingerprint density at radius 1 is 1.38 bits per heavy atom. The van der Waals surface area contributed by atoms with E-state index in [-0.39, 0.29) is 0 Å². The van der Waals surface area contributed by atoms with Crippen molar-refractivity contribution in [1.29, 1.82) is 0 Å². The van der Waals surface area contributed by atoms with Crippen molar-refractivity contribution in [3.05, 3.63) is 0 Å². The van der Waals surface area contributed by atoms with Gasteiger partial charge in [0.05, 0.1) is 0 Å². The molecule has 78 valence electrons. The summed E-state index contributed by atoms with van der Waals surface area (Å²) >= 11 is 0. The van der Waals surface area contributed by atoms with Gasteiger partial charge in [-0.25, -0.2) is 0 Å². The normalized spacial score (nSPS) is 24.9. The minimum Gasteiger partial charge on any atom is -0.320 e. The maximum absolute atomic E-state index is 3.20. The molecule has 1 aliphatic heterocycles. The highest BCUT2D eigenvalue weighted by Crippen LogP contribution is 2.15. The van der Waals surface area contributed by atoms with Crippen LogP contribution < -0.4 is 5.32 Å². The lowest BCUT2D eigenvalue weighted by atomic mass is 10.0. The van der Waals surface area contributed by atoms with E-state index in [1.54, 1.807) is 0 Å². The Morgan fingerprint density at radius 2 is 2.23 bits per heavy atom. The molecule has 13 heavy (non-hydrogen) atoms. The number of hydrogen-bond acceptors (Lipinski definition) is 2. The van der Waals surface area contributed by atoms with Crippen LogP contribution >= 0.6 is 0 Å². The average molecular weight is 184 g/mol. The quantitative estimate of drug-likeness (QED) is 0.654. The van der Waals surface area contributed by atoms with Gasteiger partial charge in [0.25, 0.3) is 0 Å². The first kappa shape index (κ1) is 11.0. The molecule has 1 atom stereocenters. The molecule has 2 heteroatoms. The Labute approximate surface area is 82.7 Å². The van der Waals surface area contributed by atoms with Gasteiger partial charge in [-0.05, 0) is 58.3 Å². The first-order valence-electron chi connectivity index (χ1n) is 5.70. The summed E-state index contributed by atoms with van der Waals surface area (Å²) in [5.74, 6) is 0.929. The van der Waals surface area contributed by atoms with Crippen molar-refractivity contribution in [1.82, 2.24) is 10.2 Å². The highest BCUT2D eigenvalue weighted by atomic mass is 15.1. The van der Waals surface area contributed by atoms with Crippen molar-refractivity contribution >= 4 is 0 Å². The predicted molar refractivity (Wildman–Crippen MR) is 58.0 cm³/mol. The number of nitrogens with one attached hydrogen (secondary N) is 1. The highest BCUT2D eigenvalue weighted by Gasteiger charge is 2.14. The van der Waals surface area contributed by atoms with E-state index in [4.69, 9.17) is 0 Å². The molecule has 1 saturated heterocycles. The van der Waals surface area contributed by atoms with Crippen LogP contribution in [0.2, 0.25) is 0 Å². The maximum Gasteiger partial charge on any atom is 0.000703 e. The standard InChI is InChI=1S/C11H24N2/c1-11-6-5-9-13(10-11)8-4-3-7-12-2/h11-12H,3-10H2,1-2H3. The van der Waals surface area contributed by atoms with E-state index in [1.807, 2.05) is 7.05 Å². The number of unbranched alkanes of at least 4 members (excludes halogenated alkanes) is 1. The van der Waals surface area contributed by atoms with Crippen LogP contribution in [0.1, 0.15) is 32.6 Å². The first-order chi connectivity index (χ1) is 6.33. The molecule has 1 rings (SSSR count). The highest BCUT2D eigenvalue weighted by molar-refractivity contribution is 4.69. The van der Waals surface area contributed by atoms with Crippen molar-refractivity contribution in [2.45, 2.75) is 32.6 Å². The summed E-state index contributed by atoms with van der Waals surface area (Å²) in [6, 6.07) is 0. The summed E-state index contributed by atoms with van der Waals surface area (Å²) in [4.78, 5) is 2.63. The van der Waals surface area contributed by atoms with E-state index in [0.717, 1.165) is 5.92 Å². The summed E-state index contributed by atoms with van der Waals surface area (Å²) in [5.41, 5.74) is 0. The molecule has 1 N–H and O–H groups in total. The number of hydrogen-bond donors (Lipinski definition) is 1. The third-order valence-corrected chi connectivity index (χ3v) is 2.89. The summed E-state index contributed by atoms with van der Waals surface area (Å²) in [6.45, 7) is 7.53. The van der Waals surface area contributed by atoms with Crippen LogP contribution in [0.15, 0.2) is 0 Å². The summed E-state index contributed by atoms with van der Waals surface area (Å²) < 4.78 is 0. The Hall–Kier alpha value is -0.0800. The molecule has 0 radical (unpaired) electrons. The molecule has 0 bridgehead atoms. The molecule has 1 fully saturated rings. The minimum atomic E-state index is 0.929.